The number of hydrogen-bond donors (Lipinski definition) is 1. The van der Waals surface area contributed by atoms with Gasteiger partial charge < -0.3 is 9.84 Å². The van der Waals surface area contributed by atoms with Crippen LogP contribution in [-0.2, 0) is 0 Å². The second kappa shape index (κ2) is 4.41. The van der Waals surface area contributed by atoms with Crippen LogP contribution < -0.4 is 4.74 Å². The zero-order chi connectivity index (χ0) is 12.4. The fourth-order valence-electron chi connectivity index (χ4n) is 1.93. The summed E-state index contributed by atoms with van der Waals surface area (Å²) in [6.07, 6.45) is 0. The second-order valence-electron chi connectivity index (χ2n) is 4.07. The van der Waals surface area contributed by atoms with Crippen LogP contribution in [0.25, 0.3) is 10.8 Å². The summed E-state index contributed by atoms with van der Waals surface area (Å²) in [5.74, 6) is 1.77. The summed E-state index contributed by atoms with van der Waals surface area (Å²) in [5, 5.41) is 11.5. The number of ether oxygens (including phenoxy) is 1. The number of phenolic OH excluding ortho intramolecular Hbond substituents is 1. The number of hydrogen-bond acceptors (Lipinski definition) is 2. The van der Waals surface area contributed by atoms with Gasteiger partial charge in [0.05, 0.1) is 0 Å². The Kier molecular flexibility index (Phi) is 2.61. The Morgan fingerprint density at radius 2 is 1.44 bits per heavy atom. The Labute approximate surface area is 105 Å². The van der Waals surface area contributed by atoms with Crippen molar-refractivity contribution < 1.29 is 9.84 Å². The lowest BCUT2D eigenvalue weighted by Gasteiger charge is -2.08. The second-order valence-corrected chi connectivity index (χ2v) is 4.07. The Balaban J connectivity index is 2.02. The Hall–Kier alpha value is -2.48. The Morgan fingerprint density at radius 1 is 0.722 bits per heavy atom. The largest absolute Gasteiger partial charge is 0.508 e. The molecule has 2 nitrogen and oxygen atoms in total. The van der Waals surface area contributed by atoms with Gasteiger partial charge in [-0.2, -0.15) is 0 Å². The molecule has 0 atom stereocenters. The van der Waals surface area contributed by atoms with Gasteiger partial charge in [-0.3, -0.25) is 0 Å². The lowest BCUT2D eigenvalue weighted by Crippen LogP contribution is -1.85. The van der Waals surface area contributed by atoms with Gasteiger partial charge >= 0.3 is 0 Å². The standard InChI is InChI=1S/C16H12O2/c17-13-8-10-14(11-9-13)18-16-7-3-5-12-4-1-2-6-15(12)16/h1-11,17H. The highest BCUT2D eigenvalue weighted by molar-refractivity contribution is 5.88. The zero-order valence-electron chi connectivity index (χ0n) is 9.71. The zero-order valence-corrected chi connectivity index (χ0v) is 9.71. The molecule has 3 aromatic rings. The van der Waals surface area contributed by atoms with Gasteiger partial charge in [0.25, 0.3) is 0 Å². The van der Waals surface area contributed by atoms with Crippen molar-refractivity contribution in [1.29, 1.82) is 0 Å². The number of aromatic hydroxyl groups is 1. The van der Waals surface area contributed by atoms with Crippen molar-refractivity contribution in [3.8, 4) is 17.2 Å². The third-order valence-electron chi connectivity index (χ3n) is 2.81. The van der Waals surface area contributed by atoms with E-state index in [0.717, 1.165) is 16.5 Å². The van der Waals surface area contributed by atoms with Crippen LogP contribution in [0.15, 0.2) is 66.7 Å². The average molecular weight is 236 g/mol. The van der Waals surface area contributed by atoms with Gasteiger partial charge in [-0.05, 0) is 35.7 Å². The normalized spacial score (nSPS) is 10.4. The molecule has 3 rings (SSSR count). The summed E-state index contributed by atoms with van der Waals surface area (Å²) in [5.41, 5.74) is 0. The van der Waals surface area contributed by atoms with Crippen LogP contribution in [0.2, 0.25) is 0 Å². The van der Waals surface area contributed by atoms with Gasteiger partial charge in [-0.25, -0.2) is 0 Å². The van der Waals surface area contributed by atoms with Crippen molar-refractivity contribution in [2.45, 2.75) is 0 Å². The van der Waals surface area contributed by atoms with Crippen LogP contribution in [-0.4, -0.2) is 5.11 Å². The first-order chi connectivity index (χ1) is 8.83. The molecule has 0 saturated carbocycles. The molecule has 0 fully saturated rings. The molecule has 88 valence electrons. The fraction of sp³-hybridized carbons (Fsp3) is 0. The third-order valence-corrected chi connectivity index (χ3v) is 2.81. The topological polar surface area (TPSA) is 29.5 Å². The van der Waals surface area contributed by atoms with Crippen LogP contribution >= 0.6 is 0 Å². The lowest BCUT2D eigenvalue weighted by molar-refractivity contribution is 0.466. The number of fused-ring (bicyclic) bond motifs is 1. The Bertz CT molecular complexity index is 667. The first-order valence-corrected chi connectivity index (χ1v) is 5.77. The molecule has 0 spiro atoms. The molecular formula is C16H12O2. The minimum Gasteiger partial charge on any atom is -0.508 e. The molecule has 3 aromatic carbocycles. The summed E-state index contributed by atoms with van der Waals surface area (Å²) < 4.78 is 5.84. The summed E-state index contributed by atoms with van der Waals surface area (Å²) >= 11 is 0. The molecule has 0 aromatic heterocycles. The molecule has 2 heteroatoms. The lowest BCUT2D eigenvalue weighted by atomic mass is 10.1. The fourth-order valence-corrected chi connectivity index (χ4v) is 1.93. The van der Waals surface area contributed by atoms with E-state index in [1.165, 1.54) is 0 Å². The van der Waals surface area contributed by atoms with Gasteiger partial charge in [0.15, 0.2) is 0 Å². The van der Waals surface area contributed by atoms with E-state index in [2.05, 4.69) is 12.1 Å². The van der Waals surface area contributed by atoms with Crippen LogP contribution in [0.4, 0.5) is 0 Å². The van der Waals surface area contributed by atoms with Gasteiger partial charge in [0.1, 0.15) is 17.2 Å². The minimum atomic E-state index is 0.236. The predicted molar refractivity (Wildman–Crippen MR) is 72.1 cm³/mol. The molecule has 0 aliphatic heterocycles. The summed E-state index contributed by atoms with van der Waals surface area (Å²) in [6.45, 7) is 0. The first-order valence-electron chi connectivity index (χ1n) is 5.77. The van der Waals surface area contributed by atoms with Gasteiger partial charge in [-0.1, -0.05) is 36.4 Å². The van der Waals surface area contributed by atoms with Crippen molar-refractivity contribution in [1.82, 2.24) is 0 Å². The molecule has 0 heterocycles. The SMILES string of the molecule is Oc1ccc(Oc2cccc3ccccc23)cc1. The van der Waals surface area contributed by atoms with Crippen LogP contribution in [0.5, 0.6) is 17.2 Å². The van der Waals surface area contributed by atoms with Crippen LogP contribution in [0.1, 0.15) is 0 Å². The quantitative estimate of drug-likeness (QED) is 0.717. The molecule has 0 radical (unpaired) electrons. The van der Waals surface area contributed by atoms with Gasteiger partial charge in [-0.15, -0.1) is 0 Å². The van der Waals surface area contributed by atoms with E-state index < -0.39 is 0 Å². The Morgan fingerprint density at radius 3 is 2.28 bits per heavy atom. The van der Waals surface area contributed by atoms with Gasteiger partial charge in [0, 0.05) is 5.39 Å². The maximum absolute atomic E-state index is 9.24. The van der Waals surface area contributed by atoms with E-state index in [-0.39, 0.29) is 5.75 Å². The van der Waals surface area contributed by atoms with E-state index in [4.69, 9.17) is 4.74 Å². The van der Waals surface area contributed by atoms with E-state index >= 15 is 0 Å². The monoisotopic (exact) mass is 236 g/mol. The first kappa shape index (κ1) is 10.7. The number of rotatable bonds is 2. The van der Waals surface area contributed by atoms with Crippen molar-refractivity contribution >= 4 is 10.8 Å². The molecule has 1 N–H and O–H groups in total. The van der Waals surface area contributed by atoms with Crippen LogP contribution in [0.3, 0.4) is 0 Å². The highest BCUT2D eigenvalue weighted by Crippen LogP contribution is 2.30. The van der Waals surface area contributed by atoms with Crippen molar-refractivity contribution in [2.75, 3.05) is 0 Å². The van der Waals surface area contributed by atoms with E-state index in [0.29, 0.717) is 5.75 Å². The summed E-state index contributed by atoms with van der Waals surface area (Å²) in [7, 11) is 0. The third kappa shape index (κ3) is 2.00. The van der Waals surface area contributed by atoms with Crippen LogP contribution in [0, 0.1) is 0 Å². The van der Waals surface area contributed by atoms with Crippen molar-refractivity contribution in [3.05, 3.63) is 66.7 Å². The maximum atomic E-state index is 9.24. The summed E-state index contributed by atoms with van der Waals surface area (Å²) in [6, 6.07) is 20.8. The van der Waals surface area contributed by atoms with E-state index in [1.54, 1.807) is 24.3 Å². The maximum Gasteiger partial charge on any atom is 0.135 e. The molecular weight excluding hydrogens is 224 g/mol. The van der Waals surface area contributed by atoms with E-state index in [1.807, 2.05) is 30.3 Å². The smallest absolute Gasteiger partial charge is 0.135 e. The molecule has 18 heavy (non-hydrogen) atoms. The molecule has 0 amide bonds. The highest BCUT2D eigenvalue weighted by Gasteiger charge is 2.02. The molecule has 0 aliphatic rings. The van der Waals surface area contributed by atoms with Crippen molar-refractivity contribution in [3.63, 3.8) is 0 Å². The summed E-state index contributed by atoms with van der Waals surface area (Å²) in [4.78, 5) is 0. The number of phenols is 1. The number of benzene rings is 3. The predicted octanol–water partition coefficient (Wildman–Crippen LogP) is 4.34. The molecule has 0 unspecified atom stereocenters. The molecule has 0 aliphatic carbocycles. The average Bonchev–Trinajstić information content (AvgIpc) is 2.42. The molecule has 0 saturated heterocycles. The molecule has 0 bridgehead atoms. The van der Waals surface area contributed by atoms with Gasteiger partial charge in [0.2, 0.25) is 0 Å². The van der Waals surface area contributed by atoms with E-state index in [9.17, 15) is 5.11 Å². The highest BCUT2D eigenvalue weighted by atomic mass is 16.5. The van der Waals surface area contributed by atoms with Crippen molar-refractivity contribution in [2.24, 2.45) is 0 Å². The minimum absolute atomic E-state index is 0.236.